The van der Waals surface area contributed by atoms with E-state index in [1.54, 1.807) is 6.92 Å². The van der Waals surface area contributed by atoms with Gasteiger partial charge >= 0.3 is 6.18 Å². The molecule has 2 N–H and O–H groups in total. The highest BCUT2D eigenvalue weighted by atomic mass is 19.4. The Kier molecular flexibility index (Phi) is 7.57. The minimum Gasteiger partial charge on any atom is -0.381 e. The Morgan fingerprint density at radius 1 is 1.27 bits per heavy atom. The van der Waals surface area contributed by atoms with Gasteiger partial charge < -0.3 is 15.0 Å². The molecule has 3 aromatic rings. The fourth-order valence-corrected chi connectivity index (χ4v) is 3.37. The van der Waals surface area contributed by atoms with E-state index in [1.165, 1.54) is 23.0 Å². The number of alkyl halides is 5. The second kappa shape index (κ2) is 10.2. The molecule has 1 amide bonds. The molecule has 1 fully saturated rings. The van der Waals surface area contributed by atoms with Gasteiger partial charge in [0.05, 0.1) is 35.0 Å². The van der Waals surface area contributed by atoms with Crippen LogP contribution in [0, 0.1) is 12.8 Å². The van der Waals surface area contributed by atoms with Crippen molar-refractivity contribution < 1.29 is 31.5 Å². The van der Waals surface area contributed by atoms with Crippen LogP contribution in [0.5, 0.6) is 0 Å². The third-order valence-corrected chi connectivity index (χ3v) is 5.00. The van der Waals surface area contributed by atoms with Gasteiger partial charge in [0.15, 0.2) is 0 Å². The number of fused-ring (bicyclic) bond motifs is 1. The molecule has 1 atom stereocenters. The average molecular weight is 471 g/mol. The predicted octanol–water partition coefficient (Wildman–Crippen LogP) is 3.78. The monoisotopic (exact) mass is 471 g/mol. The maximum Gasteiger partial charge on any atom is 0.416 e. The summed E-state index contributed by atoms with van der Waals surface area (Å²) in [5.41, 5.74) is 5.42. The van der Waals surface area contributed by atoms with Gasteiger partial charge in [0.1, 0.15) is 11.5 Å². The lowest BCUT2D eigenvalue weighted by molar-refractivity contribution is -0.137. The highest BCUT2D eigenvalue weighted by molar-refractivity contribution is 5.90. The minimum absolute atomic E-state index is 0.0917. The van der Waals surface area contributed by atoms with Gasteiger partial charge in [-0.2, -0.15) is 13.2 Å². The zero-order valence-electron chi connectivity index (χ0n) is 17.6. The number of imidazole rings is 1. The number of hydrogen-bond donors (Lipinski definition) is 1. The number of amides is 1. The van der Waals surface area contributed by atoms with Gasteiger partial charge in [-0.25, -0.2) is 18.7 Å². The average Bonchev–Trinajstić information content (AvgIpc) is 3.36. The van der Waals surface area contributed by atoms with Gasteiger partial charge in [-0.1, -0.05) is 0 Å². The van der Waals surface area contributed by atoms with Gasteiger partial charge in [0, 0.05) is 25.8 Å². The van der Waals surface area contributed by atoms with Crippen molar-refractivity contribution in [2.24, 2.45) is 11.7 Å². The van der Waals surface area contributed by atoms with E-state index in [0.717, 1.165) is 24.2 Å². The van der Waals surface area contributed by atoms with Crippen LogP contribution in [0.25, 0.3) is 11.0 Å². The van der Waals surface area contributed by atoms with E-state index in [0.29, 0.717) is 31.0 Å². The highest BCUT2D eigenvalue weighted by Crippen LogP contribution is 2.32. The molecule has 0 unspecified atom stereocenters. The molecule has 1 aromatic carbocycles. The second-order valence-corrected chi connectivity index (χ2v) is 7.57. The number of carbonyl (C=O) groups is 1. The molecule has 2 aromatic heterocycles. The number of primary amides is 1. The van der Waals surface area contributed by atoms with Crippen LogP contribution in [0.4, 0.5) is 22.0 Å². The molecular formula is C21H22F5N5O2. The Labute approximate surface area is 185 Å². The lowest BCUT2D eigenvalue weighted by Crippen LogP contribution is -2.14. The summed E-state index contributed by atoms with van der Waals surface area (Å²) in [7, 11) is 0. The largest absolute Gasteiger partial charge is 0.416 e. The molecule has 0 radical (unpaired) electrons. The molecule has 0 saturated carbocycles. The summed E-state index contributed by atoms with van der Waals surface area (Å²) in [6.07, 6.45) is -3.11. The smallest absolute Gasteiger partial charge is 0.381 e. The fraction of sp³-hybridized carbons (Fsp3) is 0.429. The highest BCUT2D eigenvalue weighted by Gasteiger charge is 2.31. The number of hydrogen-bond acceptors (Lipinski definition) is 5. The van der Waals surface area contributed by atoms with E-state index >= 15 is 0 Å². The molecule has 3 heterocycles. The normalized spacial score (nSPS) is 16.2. The van der Waals surface area contributed by atoms with Crippen LogP contribution in [0.1, 0.15) is 34.0 Å². The number of ether oxygens (including phenoxy) is 1. The second-order valence-electron chi connectivity index (χ2n) is 7.57. The van der Waals surface area contributed by atoms with Gasteiger partial charge in [-0.3, -0.25) is 9.78 Å². The van der Waals surface area contributed by atoms with Gasteiger partial charge in [-0.15, -0.1) is 0 Å². The standard InChI is InChI=1S/C15H15F5N2O.C6H7N3O/c16-13(17)7-22-12-6-10(15(18,19)20)1-2-11(12)21-14(22)5-9-3-4-23-8-9;1-4-2-9-5(3-8-4)6(7)10/h1-2,6,9,13H,3-5,7-8H2;2-3H,1H3,(H2,7,10)/t9-;/m0./s1. The summed E-state index contributed by atoms with van der Waals surface area (Å²) >= 11 is 0. The lowest BCUT2D eigenvalue weighted by Gasteiger charge is -2.12. The SMILES string of the molecule is Cc1cnc(C(N)=O)cn1.FC(F)Cn1c(C[C@@H]2CCOC2)nc2ccc(C(F)(F)F)cc21. The molecule has 0 aliphatic carbocycles. The number of halogens is 5. The van der Waals surface area contributed by atoms with E-state index < -0.39 is 30.6 Å². The van der Waals surface area contributed by atoms with Crippen molar-refractivity contribution in [2.45, 2.75) is 38.9 Å². The number of nitrogens with zero attached hydrogens (tertiary/aromatic N) is 4. The van der Waals surface area contributed by atoms with E-state index in [-0.39, 0.29) is 17.1 Å². The zero-order chi connectivity index (χ0) is 24.2. The van der Waals surface area contributed by atoms with Crippen molar-refractivity contribution in [2.75, 3.05) is 13.2 Å². The topological polar surface area (TPSA) is 95.9 Å². The number of aryl methyl sites for hydroxylation is 1. The molecule has 33 heavy (non-hydrogen) atoms. The summed E-state index contributed by atoms with van der Waals surface area (Å²) in [5.74, 6) is -0.00653. The zero-order valence-corrected chi connectivity index (χ0v) is 17.6. The van der Waals surface area contributed by atoms with Crippen molar-refractivity contribution in [3.05, 3.63) is 53.4 Å². The molecule has 1 saturated heterocycles. The molecule has 1 aliphatic rings. The van der Waals surface area contributed by atoms with E-state index in [9.17, 15) is 26.7 Å². The maximum atomic E-state index is 12.9. The fourth-order valence-electron chi connectivity index (χ4n) is 3.37. The van der Waals surface area contributed by atoms with Gasteiger partial charge in [0.25, 0.3) is 12.3 Å². The van der Waals surface area contributed by atoms with Crippen molar-refractivity contribution in [1.82, 2.24) is 19.5 Å². The first kappa shape index (κ1) is 24.5. The molecular weight excluding hydrogens is 449 g/mol. The Hall–Kier alpha value is -3.15. The maximum absolute atomic E-state index is 12.9. The molecule has 1 aliphatic heterocycles. The first-order chi connectivity index (χ1) is 15.5. The minimum atomic E-state index is -4.52. The molecule has 4 rings (SSSR count). The molecule has 12 heteroatoms. The number of benzene rings is 1. The third-order valence-electron chi connectivity index (χ3n) is 5.00. The van der Waals surface area contributed by atoms with Crippen LogP contribution < -0.4 is 5.73 Å². The van der Waals surface area contributed by atoms with E-state index in [4.69, 9.17) is 10.5 Å². The van der Waals surface area contributed by atoms with Crippen LogP contribution >= 0.6 is 0 Å². The first-order valence-corrected chi connectivity index (χ1v) is 10.0. The van der Waals surface area contributed by atoms with Crippen LogP contribution in [-0.2, 0) is 23.9 Å². The number of rotatable bonds is 5. The van der Waals surface area contributed by atoms with Crippen LogP contribution in [0.3, 0.4) is 0 Å². The Bertz CT molecular complexity index is 1090. The number of aromatic nitrogens is 4. The molecule has 0 spiro atoms. The quantitative estimate of drug-likeness (QED) is 0.572. The van der Waals surface area contributed by atoms with E-state index in [1.807, 2.05) is 0 Å². The van der Waals surface area contributed by atoms with Crippen LogP contribution in [0.2, 0.25) is 0 Å². The van der Waals surface area contributed by atoms with Crippen molar-refractivity contribution >= 4 is 16.9 Å². The summed E-state index contributed by atoms with van der Waals surface area (Å²) in [6, 6.07) is 3.04. The Balaban J connectivity index is 0.000000257. The molecule has 178 valence electrons. The summed E-state index contributed by atoms with van der Waals surface area (Å²) in [5, 5.41) is 0. The number of carbonyl (C=O) groups excluding carboxylic acids is 1. The van der Waals surface area contributed by atoms with Crippen LogP contribution in [-0.4, -0.2) is 45.1 Å². The summed E-state index contributed by atoms with van der Waals surface area (Å²) in [6.45, 7) is 2.25. The predicted molar refractivity (Wildman–Crippen MR) is 109 cm³/mol. The summed E-state index contributed by atoms with van der Waals surface area (Å²) in [4.78, 5) is 22.3. The molecule has 7 nitrogen and oxygen atoms in total. The Morgan fingerprint density at radius 3 is 2.58 bits per heavy atom. The lowest BCUT2D eigenvalue weighted by atomic mass is 10.0. The number of nitrogens with two attached hydrogens (primary N) is 1. The van der Waals surface area contributed by atoms with Crippen molar-refractivity contribution in [1.29, 1.82) is 0 Å². The van der Waals surface area contributed by atoms with E-state index in [2.05, 4.69) is 15.0 Å². The Morgan fingerprint density at radius 2 is 2.03 bits per heavy atom. The third kappa shape index (κ3) is 6.44. The van der Waals surface area contributed by atoms with Gasteiger partial charge in [-0.05, 0) is 37.5 Å². The van der Waals surface area contributed by atoms with Crippen LogP contribution in [0.15, 0.2) is 30.6 Å². The summed E-state index contributed by atoms with van der Waals surface area (Å²) < 4.78 is 70.7. The van der Waals surface area contributed by atoms with Crippen molar-refractivity contribution in [3.63, 3.8) is 0 Å². The van der Waals surface area contributed by atoms with Gasteiger partial charge in [0.2, 0.25) is 0 Å². The molecule has 0 bridgehead atoms. The first-order valence-electron chi connectivity index (χ1n) is 10.0. The van der Waals surface area contributed by atoms with Crippen molar-refractivity contribution in [3.8, 4) is 0 Å².